The van der Waals surface area contributed by atoms with Gasteiger partial charge >= 0.3 is 6.18 Å². The number of nitrogens with one attached hydrogen (secondary N) is 2. The van der Waals surface area contributed by atoms with Gasteiger partial charge in [0.05, 0.1) is 11.5 Å². The van der Waals surface area contributed by atoms with Crippen LogP contribution in [0.1, 0.15) is 29.5 Å². The van der Waals surface area contributed by atoms with Crippen LogP contribution in [0.2, 0.25) is 5.02 Å². The van der Waals surface area contributed by atoms with E-state index in [0.29, 0.717) is 24.5 Å². The Balaban J connectivity index is 1.63. The van der Waals surface area contributed by atoms with E-state index in [2.05, 4.69) is 10.6 Å². The molecule has 3 nitrogen and oxygen atoms in total. The van der Waals surface area contributed by atoms with Crippen LogP contribution >= 0.6 is 11.6 Å². The molecular weight excluding hydrogens is 389 g/mol. The molecule has 3 atom stereocenters. The van der Waals surface area contributed by atoms with E-state index in [4.69, 9.17) is 11.6 Å². The highest BCUT2D eigenvalue weighted by molar-refractivity contribution is 6.30. The van der Waals surface area contributed by atoms with Crippen molar-refractivity contribution < 1.29 is 18.0 Å². The van der Waals surface area contributed by atoms with E-state index in [-0.39, 0.29) is 23.8 Å². The first-order valence-corrected chi connectivity index (χ1v) is 9.54. The second-order valence-electron chi connectivity index (χ2n) is 7.23. The largest absolute Gasteiger partial charge is 0.416 e. The maximum absolute atomic E-state index is 12.8. The molecule has 0 bridgehead atoms. The molecule has 1 aliphatic rings. The Morgan fingerprint density at radius 3 is 2.39 bits per heavy atom. The predicted octanol–water partition coefficient (Wildman–Crippen LogP) is 4.41. The van der Waals surface area contributed by atoms with Crippen LogP contribution in [0.4, 0.5) is 13.2 Å². The highest BCUT2D eigenvalue weighted by Crippen LogP contribution is 2.33. The molecule has 0 unspecified atom stereocenters. The molecule has 0 aliphatic carbocycles. The van der Waals surface area contributed by atoms with Gasteiger partial charge in [-0.3, -0.25) is 4.79 Å². The van der Waals surface area contributed by atoms with E-state index in [0.717, 1.165) is 23.3 Å². The van der Waals surface area contributed by atoms with Crippen molar-refractivity contribution in [1.82, 2.24) is 10.6 Å². The minimum Gasteiger partial charge on any atom is -0.353 e. The van der Waals surface area contributed by atoms with Crippen LogP contribution in [-0.4, -0.2) is 25.0 Å². The predicted molar refractivity (Wildman–Crippen MR) is 103 cm³/mol. The summed E-state index contributed by atoms with van der Waals surface area (Å²) in [6.45, 7) is 3.00. The van der Waals surface area contributed by atoms with E-state index in [1.165, 1.54) is 12.1 Å². The molecule has 2 N–H and O–H groups in total. The summed E-state index contributed by atoms with van der Waals surface area (Å²) >= 11 is 5.89. The summed E-state index contributed by atoms with van der Waals surface area (Å²) in [7, 11) is 0. The second-order valence-corrected chi connectivity index (χ2v) is 7.67. The number of rotatable bonds is 5. The van der Waals surface area contributed by atoms with E-state index >= 15 is 0 Å². The Bertz CT molecular complexity index is 806. The zero-order chi connectivity index (χ0) is 20.3. The molecule has 0 aromatic heterocycles. The summed E-state index contributed by atoms with van der Waals surface area (Å²) in [5.41, 5.74) is 1.13. The van der Waals surface area contributed by atoms with Crippen LogP contribution in [0, 0.1) is 5.92 Å². The first kappa shape index (κ1) is 20.7. The molecule has 3 rings (SSSR count). The third-order valence-electron chi connectivity index (χ3n) is 5.06. The summed E-state index contributed by atoms with van der Waals surface area (Å²) in [4.78, 5) is 12.8. The Hall–Kier alpha value is -2.05. The molecule has 1 heterocycles. The molecule has 1 saturated heterocycles. The van der Waals surface area contributed by atoms with Gasteiger partial charge in [-0.25, -0.2) is 0 Å². The van der Waals surface area contributed by atoms with Crippen molar-refractivity contribution in [3.8, 4) is 0 Å². The van der Waals surface area contributed by atoms with Gasteiger partial charge in [0.25, 0.3) is 0 Å². The van der Waals surface area contributed by atoms with Gasteiger partial charge in [0.2, 0.25) is 5.91 Å². The van der Waals surface area contributed by atoms with Crippen LogP contribution in [0.3, 0.4) is 0 Å². The van der Waals surface area contributed by atoms with Crippen LogP contribution in [-0.2, 0) is 17.4 Å². The van der Waals surface area contributed by atoms with Crippen LogP contribution in [0.5, 0.6) is 0 Å². The number of benzene rings is 2. The number of alkyl halides is 3. The van der Waals surface area contributed by atoms with Crippen LogP contribution in [0.15, 0.2) is 48.5 Å². The quantitative estimate of drug-likeness (QED) is 0.766. The average Bonchev–Trinajstić information content (AvgIpc) is 3.13. The summed E-state index contributed by atoms with van der Waals surface area (Å²) in [5.74, 6) is -0.550. The Labute approximate surface area is 167 Å². The zero-order valence-electron chi connectivity index (χ0n) is 15.4. The fourth-order valence-electron chi connectivity index (χ4n) is 3.60. The zero-order valence-corrected chi connectivity index (χ0v) is 16.1. The molecule has 2 aromatic rings. The van der Waals surface area contributed by atoms with Gasteiger partial charge < -0.3 is 10.6 Å². The molecule has 28 heavy (non-hydrogen) atoms. The third kappa shape index (κ3) is 5.06. The molecule has 2 aromatic carbocycles. The van der Waals surface area contributed by atoms with Gasteiger partial charge in [-0.2, -0.15) is 13.2 Å². The molecule has 0 spiro atoms. The van der Waals surface area contributed by atoms with Gasteiger partial charge in [0.15, 0.2) is 0 Å². The highest BCUT2D eigenvalue weighted by Gasteiger charge is 2.35. The molecule has 0 radical (unpaired) electrons. The van der Waals surface area contributed by atoms with Gasteiger partial charge in [0.1, 0.15) is 0 Å². The maximum atomic E-state index is 12.8. The number of amides is 1. The minimum absolute atomic E-state index is 0.0671. The van der Waals surface area contributed by atoms with Crippen molar-refractivity contribution >= 4 is 17.5 Å². The lowest BCUT2D eigenvalue weighted by Crippen LogP contribution is -2.40. The van der Waals surface area contributed by atoms with Gasteiger partial charge in [-0.15, -0.1) is 0 Å². The number of carbonyl (C=O) groups excluding carboxylic acids is 1. The molecule has 7 heteroatoms. The van der Waals surface area contributed by atoms with Gasteiger partial charge in [0, 0.05) is 30.1 Å². The van der Waals surface area contributed by atoms with E-state index in [9.17, 15) is 18.0 Å². The maximum Gasteiger partial charge on any atom is 0.416 e. The minimum atomic E-state index is -4.36. The number of carbonyl (C=O) groups is 1. The lowest BCUT2D eigenvalue weighted by Gasteiger charge is -2.22. The SMILES string of the molecule is C[C@H](Cc1ccc(Cl)cc1)NC(=O)[C@@H]1CNC[C@H]1c1ccc(C(F)(F)F)cc1. The monoisotopic (exact) mass is 410 g/mol. The smallest absolute Gasteiger partial charge is 0.353 e. The van der Waals surface area contributed by atoms with Crippen molar-refractivity contribution in [2.24, 2.45) is 5.92 Å². The third-order valence-corrected chi connectivity index (χ3v) is 5.31. The fraction of sp³-hybridized carbons (Fsp3) is 0.381. The lowest BCUT2D eigenvalue weighted by atomic mass is 9.87. The van der Waals surface area contributed by atoms with Crippen molar-refractivity contribution in [2.75, 3.05) is 13.1 Å². The molecule has 1 amide bonds. The van der Waals surface area contributed by atoms with E-state index < -0.39 is 11.7 Å². The molecule has 0 saturated carbocycles. The molecule has 1 aliphatic heterocycles. The van der Waals surface area contributed by atoms with Crippen molar-refractivity contribution in [2.45, 2.75) is 31.5 Å². The van der Waals surface area contributed by atoms with Crippen LogP contribution < -0.4 is 10.6 Å². The van der Waals surface area contributed by atoms with E-state index in [1.807, 2.05) is 31.2 Å². The van der Waals surface area contributed by atoms with Crippen molar-refractivity contribution in [1.29, 1.82) is 0 Å². The molecule has 1 fully saturated rings. The molecular formula is C21H22ClF3N2O. The summed E-state index contributed by atoms with van der Waals surface area (Å²) in [6, 6.07) is 12.5. The van der Waals surface area contributed by atoms with Crippen LogP contribution in [0.25, 0.3) is 0 Å². The average molecular weight is 411 g/mol. The highest BCUT2D eigenvalue weighted by atomic mass is 35.5. The van der Waals surface area contributed by atoms with Gasteiger partial charge in [-0.05, 0) is 48.7 Å². The van der Waals surface area contributed by atoms with Crippen molar-refractivity contribution in [3.05, 3.63) is 70.2 Å². The second kappa shape index (κ2) is 8.53. The Morgan fingerprint density at radius 1 is 1.14 bits per heavy atom. The lowest BCUT2D eigenvalue weighted by molar-refractivity contribution is -0.137. The Morgan fingerprint density at radius 2 is 1.79 bits per heavy atom. The number of hydrogen-bond donors (Lipinski definition) is 2. The first-order chi connectivity index (χ1) is 13.2. The summed E-state index contributed by atoms with van der Waals surface area (Å²) in [5, 5.41) is 6.87. The topological polar surface area (TPSA) is 41.1 Å². The van der Waals surface area contributed by atoms with Gasteiger partial charge in [-0.1, -0.05) is 35.9 Å². The number of hydrogen-bond acceptors (Lipinski definition) is 2. The summed E-state index contributed by atoms with van der Waals surface area (Å²) < 4.78 is 38.3. The molecule has 150 valence electrons. The fourth-order valence-corrected chi connectivity index (χ4v) is 3.72. The normalized spacial score (nSPS) is 20.8. The summed E-state index contributed by atoms with van der Waals surface area (Å²) in [6.07, 6.45) is -3.69. The Kier molecular flexibility index (Phi) is 6.30. The number of halogens is 4. The van der Waals surface area contributed by atoms with Crippen molar-refractivity contribution in [3.63, 3.8) is 0 Å². The first-order valence-electron chi connectivity index (χ1n) is 9.16. The van der Waals surface area contributed by atoms with E-state index in [1.54, 1.807) is 0 Å². The standard InChI is InChI=1S/C21H22ClF3N2O/c1-13(10-14-2-8-17(22)9-3-14)27-20(28)19-12-26-11-18(19)15-4-6-16(7-5-15)21(23,24)25/h2-9,13,18-19,26H,10-12H2,1H3,(H,27,28)/t13-,18+,19-/m1/s1.